The summed E-state index contributed by atoms with van der Waals surface area (Å²) in [5.74, 6) is -3.04. The summed E-state index contributed by atoms with van der Waals surface area (Å²) in [6.07, 6.45) is 1.29. The van der Waals surface area contributed by atoms with Gasteiger partial charge in [0.1, 0.15) is 0 Å². The van der Waals surface area contributed by atoms with Gasteiger partial charge in [-0.15, -0.1) is 0 Å². The molecular weight excluding hydrogens is 308 g/mol. The van der Waals surface area contributed by atoms with Crippen LogP contribution in [0.25, 0.3) is 0 Å². The molecule has 1 atom stereocenters. The lowest BCUT2D eigenvalue weighted by atomic mass is 9.97. The van der Waals surface area contributed by atoms with E-state index in [4.69, 9.17) is 5.73 Å². The fourth-order valence-corrected chi connectivity index (χ4v) is 2.58. The number of methoxy groups -OCH3 is 1. The molecule has 1 aromatic rings. The Hall–Kier alpha value is -2.38. The van der Waals surface area contributed by atoms with E-state index in [9.17, 15) is 18.4 Å². The lowest BCUT2D eigenvalue weighted by molar-refractivity contribution is -0.126. The van der Waals surface area contributed by atoms with Gasteiger partial charge in [0.15, 0.2) is 11.6 Å². The number of piperidine rings is 1. The van der Waals surface area contributed by atoms with Crippen LogP contribution in [0, 0.1) is 17.6 Å². The van der Waals surface area contributed by atoms with Crippen LogP contribution in [-0.4, -0.2) is 37.0 Å². The highest BCUT2D eigenvalue weighted by atomic mass is 19.2. The number of primary amides is 1. The molecule has 1 aliphatic heterocycles. The van der Waals surface area contributed by atoms with Gasteiger partial charge in [-0.2, -0.15) is 4.39 Å². The van der Waals surface area contributed by atoms with Crippen LogP contribution >= 0.6 is 0 Å². The molecule has 0 spiro atoms. The predicted molar refractivity (Wildman–Crippen MR) is 78.6 cm³/mol. The van der Waals surface area contributed by atoms with Crippen molar-refractivity contribution in [3.63, 3.8) is 0 Å². The Morgan fingerprint density at radius 3 is 2.78 bits per heavy atom. The minimum absolute atomic E-state index is 0.0271. The number of halogens is 2. The van der Waals surface area contributed by atoms with Crippen LogP contribution in [0.15, 0.2) is 12.1 Å². The van der Waals surface area contributed by atoms with E-state index in [0.717, 1.165) is 0 Å². The van der Waals surface area contributed by atoms with Gasteiger partial charge >= 0.3 is 6.03 Å². The number of ether oxygens (including phenoxy) is 1. The summed E-state index contributed by atoms with van der Waals surface area (Å²) in [4.78, 5) is 24.7. The molecule has 1 fully saturated rings. The molecular formula is C15H19F2N3O3. The fraction of sp³-hybridized carbons (Fsp3) is 0.467. The van der Waals surface area contributed by atoms with Gasteiger partial charge in [-0.25, -0.2) is 9.18 Å². The maximum Gasteiger partial charge on any atom is 0.314 e. The molecule has 23 heavy (non-hydrogen) atoms. The van der Waals surface area contributed by atoms with Crippen LogP contribution in [0.3, 0.4) is 0 Å². The van der Waals surface area contributed by atoms with Crippen molar-refractivity contribution in [3.8, 4) is 5.75 Å². The average Bonchev–Trinajstić information content (AvgIpc) is 2.56. The van der Waals surface area contributed by atoms with Crippen LogP contribution in [0.2, 0.25) is 0 Å². The van der Waals surface area contributed by atoms with Gasteiger partial charge in [-0.05, 0) is 18.9 Å². The van der Waals surface area contributed by atoms with Gasteiger partial charge in [0.05, 0.1) is 13.0 Å². The highest BCUT2D eigenvalue weighted by Crippen LogP contribution is 2.22. The Kier molecular flexibility index (Phi) is 5.36. The average molecular weight is 327 g/mol. The van der Waals surface area contributed by atoms with Crippen LogP contribution in [0.1, 0.15) is 18.4 Å². The molecule has 1 unspecified atom stereocenters. The molecule has 0 bridgehead atoms. The van der Waals surface area contributed by atoms with E-state index in [1.54, 1.807) is 0 Å². The number of urea groups is 1. The molecule has 0 aromatic heterocycles. The minimum atomic E-state index is -1.09. The molecule has 1 saturated heterocycles. The summed E-state index contributed by atoms with van der Waals surface area (Å²) in [5, 5.41) is 2.57. The molecule has 1 aromatic carbocycles. The molecule has 3 N–H and O–H groups in total. The van der Waals surface area contributed by atoms with Crippen LogP contribution in [0.4, 0.5) is 13.6 Å². The number of likely N-dealkylation sites (tertiary alicyclic amines) is 1. The number of nitrogens with two attached hydrogens (primary N) is 1. The normalized spacial score (nSPS) is 17.7. The largest absolute Gasteiger partial charge is 0.494 e. The van der Waals surface area contributed by atoms with Crippen molar-refractivity contribution in [2.45, 2.75) is 19.4 Å². The molecule has 1 aliphatic rings. The SMILES string of the molecule is COc1ccc(CNC(=O)C2CCCN(C(N)=O)C2)c(F)c1F. The fourth-order valence-electron chi connectivity index (χ4n) is 2.58. The van der Waals surface area contributed by atoms with E-state index < -0.39 is 23.6 Å². The first kappa shape index (κ1) is 17.0. The molecule has 0 aliphatic carbocycles. The number of benzene rings is 1. The Labute approximate surface area is 132 Å². The molecule has 2 rings (SSSR count). The Bertz CT molecular complexity index is 610. The number of carbonyl (C=O) groups is 2. The van der Waals surface area contributed by atoms with Crippen molar-refractivity contribution >= 4 is 11.9 Å². The van der Waals surface area contributed by atoms with E-state index in [0.29, 0.717) is 19.4 Å². The summed E-state index contributed by atoms with van der Waals surface area (Å²) in [7, 11) is 1.24. The second-order valence-electron chi connectivity index (χ2n) is 5.40. The number of amides is 3. The molecule has 8 heteroatoms. The molecule has 126 valence electrons. The van der Waals surface area contributed by atoms with E-state index in [2.05, 4.69) is 10.1 Å². The third-order valence-corrected chi connectivity index (χ3v) is 3.90. The summed E-state index contributed by atoms with van der Waals surface area (Å²) in [6.45, 7) is 0.622. The Balaban J connectivity index is 1.97. The van der Waals surface area contributed by atoms with Crippen molar-refractivity contribution in [1.82, 2.24) is 10.2 Å². The Morgan fingerprint density at radius 2 is 2.13 bits per heavy atom. The summed E-state index contributed by atoms with van der Waals surface area (Å²) in [5.41, 5.74) is 5.24. The predicted octanol–water partition coefficient (Wildman–Crippen LogP) is 1.38. The van der Waals surface area contributed by atoms with Crippen molar-refractivity contribution in [3.05, 3.63) is 29.3 Å². The van der Waals surface area contributed by atoms with Crippen molar-refractivity contribution in [2.75, 3.05) is 20.2 Å². The lowest BCUT2D eigenvalue weighted by Gasteiger charge is -2.30. The monoisotopic (exact) mass is 327 g/mol. The lowest BCUT2D eigenvalue weighted by Crippen LogP contribution is -2.47. The highest BCUT2D eigenvalue weighted by molar-refractivity contribution is 5.80. The van der Waals surface area contributed by atoms with Gasteiger partial charge in [0, 0.05) is 25.2 Å². The number of carbonyl (C=O) groups excluding carboxylic acids is 2. The maximum atomic E-state index is 13.8. The minimum Gasteiger partial charge on any atom is -0.494 e. The molecule has 0 radical (unpaired) electrons. The number of hydrogen-bond acceptors (Lipinski definition) is 3. The third-order valence-electron chi connectivity index (χ3n) is 3.90. The topological polar surface area (TPSA) is 84.7 Å². The van der Waals surface area contributed by atoms with Gasteiger partial charge in [-0.1, -0.05) is 6.07 Å². The van der Waals surface area contributed by atoms with Gasteiger partial charge < -0.3 is 20.7 Å². The quantitative estimate of drug-likeness (QED) is 0.876. The number of rotatable bonds is 4. The molecule has 6 nitrogen and oxygen atoms in total. The number of nitrogens with zero attached hydrogens (tertiary/aromatic N) is 1. The van der Waals surface area contributed by atoms with Gasteiger partial charge in [-0.3, -0.25) is 4.79 Å². The van der Waals surface area contributed by atoms with Crippen molar-refractivity contribution in [2.24, 2.45) is 11.7 Å². The second-order valence-corrected chi connectivity index (χ2v) is 5.40. The smallest absolute Gasteiger partial charge is 0.314 e. The zero-order valence-electron chi connectivity index (χ0n) is 12.8. The number of nitrogens with one attached hydrogen (secondary N) is 1. The summed E-state index contributed by atoms with van der Waals surface area (Å²) >= 11 is 0. The second kappa shape index (κ2) is 7.26. The van der Waals surface area contributed by atoms with Crippen LogP contribution in [0.5, 0.6) is 5.75 Å². The first-order valence-electron chi connectivity index (χ1n) is 7.27. The van der Waals surface area contributed by atoms with E-state index in [-0.39, 0.29) is 30.3 Å². The first-order valence-corrected chi connectivity index (χ1v) is 7.27. The van der Waals surface area contributed by atoms with E-state index in [1.165, 1.54) is 24.1 Å². The van der Waals surface area contributed by atoms with Crippen LogP contribution < -0.4 is 15.8 Å². The zero-order chi connectivity index (χ0) is 17.0. The standard InChI is InChI=1S/C15H19F2N3O3/c1-23-11-5-4-9(12(16)13(11)17)7-19-14(21)10-3-2-6-20(8-10)15(18)22/h4-5,10H,2-3,6-8H2,1H3,(H2,18,22)(H,19,21). The van der Waals surface area contributed by atoms with E-state index >= 15 is 0 Å². The highest BCUT2D eigenvalue weighted by Gasteiger charge is 2.27. The molecule has 1 heterocycles. The van der Waals surface area contributed by atoms with Crippen molar-refractivity contribution < 1.29 is 23.1 Å². The molecule has 3 amide bonds. The van der Waals surface area contributed by atoms with Gasteiger partial charge in [0.25, 0.3) is 0 Å². The number of hydrogen-bond donors (Lipinski definition) is 2. The van der Waals surface area contributed by atoms with Crippen molar-refractivity contribution in [1.29, 1.82) is 0 Å². The van der Waals surface area contributed by atoms with Crippen LogP contribution in [-0.2, 0) is 11.3 Å². The third kappa shape index (κ3) is 3.88. The first-order chi connectivity index (χ1) is 10.9. The summed E-state index contributed by atoms with van der Waals surface area (Å²) in [6, 6.07) is 2.09. The Morgan fingerprint density at radius 1 is 1.39 bits per heavy atom. The maximum absolute atomic E-state index is 13.8. The summed E-state index contributed by atoms with van der Waals surface area (Å²) < 4.78 is 32.1. The molecule has 0 saturated carbocycles. The van der Waals surface area contributed by atoms with E-state index in [1.807, 2.05) is 0 Å². The van der Waals surface area contributed by atoms with Gasteiger partial charge in [0.2, 0.25) is 11.7 Å². The zero-order valence-corrected chi connectivity index (χ0v) is 12.8.